The van der Waals surface area contributed by atoms with Crippen LogP contribution in [0.25, 0.3) is 22.6 Å². The number of hydrogen-bond donors (Lipinski definition) is 1. The summed E-state index contributed by atoms with van der Waals surface area (Å²) in [6.07, 6.45) is 5.66. The minimum Gasteiger partial charge on any atom is -0.381 e. The number of nitrogens with zero attached hydrogens (tertiary/aromatic N) is 3. The second kappa shape index (κ2) is 9.00. The van der Waals surface area contributed by atoms with Gasteiger partial charge in [0.1, 0.15) is 0 Å². The van der Waals surface area contributed by atoms with E-state index in [1.165, 1.54) is 5.56 Å². The summed E-state index contributed by atoms with van der Waals surface area (Å²) in [6, 6.07) is 18.6. The van der Waals surface area contributed by atoms with Gasteiger partial charge in [-0.3, -0.25) is 9.38 Å². The maximum absolute atomic E-state index is 4.49. The number of hydrogen-bond acceptors (Lipinski definition) is 3. The van der Waals surface area contributed by atoms with Crippen molar-refractivity contribution in [2.45, 2.75) is 27.3 Å². The molecule has 0 saturated heterocycles. The highest BCUT2D eigenvalue weighted by molar-refractivity contribution is 5.70. The standard InChI is InChI=1S/C22H20N4.C2H6/c1-16(24-14-18-7-4-3-5-8-18)19-9-6-10-20(13-19)21-15-25-17(2)22-23-11-12-26(21)22;1-2/h3-13,15,24H,1,14H2,2H3;1-2H3. The van der Waals surface area contributed by atoms with Crippen molar-refractivity contribution in [3.05, 3.63) is 96.6 Å². The lowest BCUT2D eigenvalue weighted by atomic mass is 10.1. The lowest BCUT2D eigenvalue weighted by Gasteiger charge is -2.12. The molecule has 0 saturated carbocycles. The molecule has 0 atom stereocenters. The van der Waals surface area contributed by atoms with Gasteiger partial charge < -0.3 is 5.32 Å². The van der Waals surface area contributed by atoms with Gasteiger partial charge in [-0.1, -0.05) is 69.0 Å². The van der Waals surface area contributed by atoms with Gasteiger partial charge in [0.05, 0.1) is 17.6 Å². The number of imidazole rings is 1. The Kier molecular flexibility index (Phi) is 6.22. The molecule has 2 aromatic carbocycles. The van der Waals surface area contributed by atoms with E-state index < -0.39 is 0 Å². The summed E-state index contributed by atoms with van der Waals surface area (Å²) in [4.78, 5) is 8.88. The first-order valence-electron chi connectivity index (χ1n) is 9.58. The molecule has 0 aliphatic heterocycles. The average Bonchev–Trinajstić information content (AvgIpc) is 3.25. The monoisotopic (exact) mass is 370 g/mol. The van der Waals surface area contributed by atoms with Crippen LogP contribution < -0.4 is 5.32 Å². The Morgan fingerprint density at radius 3 is 2.61 bits per heavy atom. The average molecular weight is 371 g/mol. The molecular formula is C24H26N4. The summed E-state index contributed by atoms with van der Waals surface area (Å²) in [5, 5.41) is 3.41. The highest BCUT2D eigenvalue weighted by Crippen LogP contribution is 2.24. The maximum atomic E-state index is 4.49. The molecule has 0 fully saturated rings. The Hall–Kier alpha value is -3.40. The van der Waals surface area contributed by atoms with E-state index in [4.69, 9.17) is 0 Å². The van der Waals surface area contributed by atoms with Gasteiger partial charge in [-0.05, 0) is 24.1 Å². The molecular weight excluding hydrogens is 344 g/mol. The lowest BCUT2D eigenvalue weighted by Crippen LogP contribution is -2.10. The van der Waals surface area contributed by atoms with Gasteiger partial charge in [-0.25, -0.2) is 4.98 Å². The predicted octanol–water partition coefficient (Wildman–Crippen LogP) is 5.49. The first-order valence-corrected chi connectivity index (χ1v) is 9.58. The molecule has 142 valence electrons. The predicted molar refractivity (Wildman–Crippen MR) is 117 cm³/mol. The van der Waals surface area contributed by atoms with Crippen LogP contribution in [0.4, 0.5) is 0 Å². The summed E-state index contributed by atoms with van der Waals surface area (Å²) in [7, 11) is 0. The molecule has 4 rings (SSSR count). The lowest BCUT2D eigenvalue weighted by molar-refractivity contribution is 0.892. The molecule has 0 bridgehead atoms. The number of aryl methyl sites for hydroxylation is 1. The van der Waals surface area contributed by atoms with E-state index in [9.17, 15) is 0 Å². The summed E-state index contributed by atoms with van der Waals surface area (Å²) in [5.74, 6) is 0. The van der Waals surface area contributed by atoms with E-state index in [0.717, 1.165) is 40.4 Å². The topological polar surface area (TPSA) is 42.2 Å². The van der Waals surface area contributed by atoms with Crippen LogP contribution in [-0.2, 0) is 6.54 Å². The first-order chi connectivity index (χ1) is 13.7. The van der Waals surface area contributed by atoms with Crippen molar-refractivity contribution in [2.24, 2.45) is 0 Å². The van der Waals surface area contributed by atoms with Gasteiger partial charge in [0.25, 0.3) is 0 Å². The molecule has 0 aliphatic rings. The van der Waals surface area contributed by atoms with Crippen LogP contribution >= 0.6 is 0 Å². The van der Waals surface area contributed by atoms with Gasteiger partial charge in [0.2, 0.25) is 0 Å². The molecule has 2 aromatic heterocycles. The number of nitrogens with one attached hydrogen (secondary N) is 1. The van der Waals surface area contributed by atoms with Gasteiger partial charge in [-0.15, -0.1) is 0 Å². The van der Waals surface area contributed by atoms with E-state index in [-0.39, 0.29) is 0 Å². The third-order valence-corrected chi connectivity index (χ3v) is 4.46. The smallest absolute Gasteiger partial charge is 0.158 e. The number of rotatable bonds is 5. The Bertz CT molecular complexity index is 1060. The van der Waals surface area contributed by atoms with E-state index in [2.05, 4.69) is 56.6 Å². The third kappa shape index (κ3) is 4.12. The van der Waals surface area contributed by atoms with E-state index in [0.29, 0.717) is 0 Å². The van der Waals surface area contributed by atoms with Gasteiger partial charge in [0, 0.05) is 30.2 Å². The molecule has 28 heavy (non-hydrogen) atoms. The minimum atomic E-state index is 0.752. The van der Waals surface area contributed by atoms with Crippen molar-refractivity contribution < 1.29 is 0 Å². The highest BCUT2D eigenvalue weighted by Gasteiger charge is 2.09. The van der Waals surface area contributed by atoms with Crippen molar-refractivity contribution >= 4 is 11.3 Å². The zero-order valence-corrected chi connectivity index (χ0v) is 16.7. The van der Waals surface area contributed by atoms with E-state index in [1.54, 1.807) is 6.20 Å². The van der Waals surface area contributed by atoms with Crippen LogP contribution in [0.5, 0.6) is 0 Å². The first kappa shape index (κ1) is 19.4. The fraction of sp³-hybridized carbons (Fsp3) is 0.167. The molecule has 0 spiro atoms. The second-order valence-electron chi connectivity index (χ2n) is 6.25. The molecule has 0 aliphatic carbocycles. The maximum Gasteiger partial charge on any atom is 0.158 e. The van der Waals surface area contributed by atoms with Crippen molar-refractivity contribution in [1.29, 1.82) is 0 Å². The summed E-state index contributed by atoms with van der Waals surface area (Å²) in [6.45, 7) is 10.9. The number of aromatic nitrogens is 3. The van der Waals surface area contributed by atoms with Gasteiger partial charge in [-0.2, -0.15) is 0 Å². The van der Waals surface area contributed by atoms with Crippen LogP contribution in [-0.4, -0.2) is 14.4 Å². The van der Waals surface area contributed by atoms with Crippen LogP contribution in [0.3, 0.4) is 0 Å². The Labute approximate surface area is 166 Å². The zero-order valence-electron chi connectivity index (χ0n) is 16.7. The van der Waals surface area contributed by atoms with Crippen molar-refractivity contribution in [2.75, 3.05) is 0 Å². The third-order valence-electron chi connectivity index (χ3n) is 4.46. The molecule has 4 aromatic rings. The van der Waals surface area contributed by atoms with Crippen LogP contribution in [0.2, 0.25) is 0 Å². The molecule has 0 amide bonds. The largest absolute Gasteiger partial charge is 0.381 e. The fourth-order valence-corrected chi connectivity index (χ4v) is 3.03. The highest BCUT2D eigenvalue weighted by atomic mass is 15.0. The normalized spacial score (nSPS) is 10.2. The molecule has 0 unspecified atom stereocenters. The zero-order chi connectivity index (χ0) is 19.9. The fourth-order valence-electron chi connectivity index (χ4n) is 3.03. The van der Waals surface area contributed by atoms with Crippen LogP contribution in [0, 0.1) is 6.92 Å². The minimum absolute atomic E-state index is 0.752. The van der Waals surface area contributed by atoms with Crippen molar-refractivity contribution in [3.8, 4) is 11.3 Å². The number of benzene rings is 2. The van der Waals surface area contributed by atoms with E-state index in [1.807, 2.05) is 57.4 Å². The van der Waals surface area contributed by atoms with Crippen molar-refractivity contribution in [1.82, 2.24) is 19.7 Å². The van der Waals surface area contributed by atoms with E-state index >= 15 is 0 Å². The summed E-state index contributed by atoms with van der Waals surface area (Å²) in [5.41, 5.74) is 7.09. The molecule has 2 heterocycles. The molecule has 1 N–H and O–H groups in total. The van der Waals surface area contributed by atoms with Gasteiger partial charge >= 0.3 is 0 Å². The van der Waals surface area contributed by atoms with Crippen LogP contribution in [0.1, 0.15) is 30.7 Å². The Balaban J connectivity index is 0.00000109. The Morgan fingerprint density at radius 1 is 1.04 bits per heavy atom. The Morgan fingerprint density at radius 2 is 1.82 bits per heavy atom. The van der Waals surface area contributed by atoms with Gasteiger partial charge in [0.15, 0.2) is 5.65 Å². The molecule has 0 radical (unpaired) electrons. The summed E-state index contributed by atoms with van der Waals surface area (Å²) < 4.78 is 2.07. The van der Waals surface area contributed by atoms with Crippen LogP contribution in [0.15, 0.2) is 79.8 Å². The second-order valence-corrected chi connectivity index (χ2v) is 6.25. The molecule has 4 nitrogen and oxygen atoms in total. The van der Waals surface area contributed by atoms with Crippen molar-refractivity contribution in [3.63, 3.8) is 0 Å². The quantitative estimate of drug-likeness (QED) is 0.505. The molecule has 4 heteroatoms. The summed E-state index contributed by atoms with van der Waals surface area (Å²) >= 11 is 0. The number of fused-ring (bicyclic) bond motifs is 1. The SMILES string of the molecule is C=C(NCc1ccccc1)c1cccc(-c2cnc(C)c3nccn23)c1.CC.